The number of benzene rings is 2. The van der Waals surface area contributed by atoms with Gasteiger partial charge in [0.15, 0.2) is 3.51 Å². The number of ether oxygens (including phenoxy) is 2. The zero-order valence-electron chi connectivity index (χ0n) is 30.4. The van der Waals surface area contributed by atoms with Crippen molar-refractivity contribution in [2.24, 2.45) is 34.5 Å². The average molecular weight is 1410 g/mol. The molecule has 280 valence electrons. The fourth-order valence-electron chi connectivity index (χ4n) is 11.5. The molecule has 0 unspecified atom stereocenters. The Labute approximate surface area is 359 Å². The van der Waals surface area contributed by atoms with Crippen LogP contribution in [0.1, 0.15) is 126 Å². The van der Waals surface area contributed by atoms with E-state index in [0.717, 1.165) is 73.2 Å². The molecule has 0 spiro atoms. The van der Waals surface area contributed by atoms with Gasteiger partial charge in [0, 0.05) is 29.3 Å². The van der Waals surface area contributed by atoms with Crippen LogP contribution < -0.4 is 3.27 Å². The van der Waals surface area contributed by atoms with E-state index in [0.29, 0.717) is 35.2 Å². The maximum atomic E-state index is 12.5. The summed E-state index contributed by atoms with van der Waals surface area (Å²) in [5.74, 6) is 2.56. The van der Waals surface area contributed by atoms with Crippen LogP contribution in [0.3, 0.4) is 0 Å². The number of carbonyl (C=O) groups is 4. The first-order chi connectivity index (χ1) is 24.8. The van der Waals surface area contributed by atoms with E-state index in [4.69, 9.17) is 9.47 Å². The summed E-state index contributed by atoms with van der Waals surface area (Å²) in [5.41, 5.74) is 5.89. The number of rotatable bonds is 1. The summed E-state index contributed by atoms with van der Waals surface area (Å²) in [5, 5.41) is 0. The van der Waals surface area contributed by atoms with Crippen molar-refractivity contribution < 1.29 is 93.2 Å². The number of hydrogen-bond donors (Lipinski definition) is 0. The molecule has 5 fully saturated rings. The van der Waals surface area contributed by atoms with Crippen molar-refractivity contribution in [3.05, 3.63) is 62.2 Å². The van der Waals surface area contributed by atoms with Crippen molar-refractivity contribution in [3.8, 4) is 0 Å². The molecule has 10 heteroatoms. The Morgan fingerprint density at radius 1 is 0.635 bits per heavy atom. The van der Waals surface area contributed by atoms with Gasteiger partial charge in [0.05, 0.1) is 0 Å². The predicted octanol–water partition coefficient (Wildman–Crippen LogP) is 7.55. The number of halogens is 1. The van der Waals surface area contributed by atoms with E-state index in [1.54, 1.807) is 89.6 Å². The summed E-state index contributed by atoms with van der Waals surface area (Å²) in [6.07, 6.45) is 12.9. The predicted molar refractivity (Wildman–Crippen MR) is 196 cm³/mol. The molecule has 1 heterocycles. The minimum atomic E-state index is -1.19. The molecule has 0 bridgehead atoms. The molecule has 2 aromatic rings. The molecule has 0 N–H and O–H groups in total. The monoisotopic (exact) mass is 1410 g/mol. The molecule has 6 aliphatic carbocycles. The molecular formula is C42H48At3IO6. The van der Waals surface area contributed by atoms with Gasteiger partial charge in [-0.05, 0) is 73.1 Å². The Bertz CT molecular complexity index is 1820. The quantitative estimate of drug-likeness (QED) is 0.217. The Kier molecular flexibility index (Phi) is 12.1. The number of hydrogen-bond acceptors (Lipinski definition) is 6. The topological polar surface area (TPSA) is 86.7 Å². The number of fused-ring (bicyclic) bond motifs is 10. The van der Waals surface area contributed by atoms with Gasteiger partial charge >= 0.3 is 188 Å². The van der Waals surface area contributed by atoms with Crippen molar-refractivity contribution in [1.82, 2.24) is 0 Å². The van der Waals surface area contributed by atoms with Gasteiger partial charge in [-0.2, -0.15) is 0 Å². The number of Topliss-reactive ketones (excluding diaryl/α,β-unsaturated/α-hetero) is 2. The van der Waals surface area contributed by atoms with Gasteiger partial charge in [-0.15, -0.1) is 0 Å². The number of carbonyl (C=O) groups excluding carboxylic acids is 4. The Morgan fingerprint density at radius 3 is 1.63 bits per heavy atom. The number of aryl methyl sites for hydroxylation is 2. The van der Waals surface area contributed by atoms with Crippen molar-refractivity contribution >= 4 is 51.0 Å². The SMILES string of the molecule is CC1(C)OC(=O)C(=Ic2ccc3c(c2)CC[C@@H]2[C@@H]3CC[C@]3(C)C(=O)CC[C@@H]23)C(=O)O1.C[C@]12CC[C@@H]3c4ccc([211At])cc4CC[C@H]3[C@@H]1CCC2=O.[At][211At]. The third-order valence-electron chi connectivity index (χ3n) is 14.0. The zero-order chi connectivity index (χ0) is 37.2. The van der Waals surface area contributed by atoms with Crippen LogP contribution in [-0.4, -0.2) is 32.8 Å². The van der Waals surface area contributed by atoms with Gasteiger partial charge in [-0.25, -0.2) is 9.59 Å². The summed E-state index contributed by atoms with van der Waals surface area (Å²) >= 11 is 4.38. The van der Waals surface area contributed by atoms with Gasteiger partial charge in [0.1, 0.15) is 5.78 Å². The summed E-state index contributed by atoms with van der Waals surface area (Å²) in [4.78, 5) is 49.4. The van der Waals surface area contributed by atoms with E-state index >= 15 is 0 Å². The van der Waals surface area contributed by atoms with E-state index in [9.17, 15) is 19.2 Å². The second kappa shape index (κ2) is 15.7. The van der Waals surface area contributed by atoms with Gasteiger partial charge in [-0.1, -0.05) is 33.7 Å². The normalized spacial score (nSPS) is 35.1. The molecule has 6 nitrogen and oxygen atoms in total. The molecule has 4 saturated carbocycles. The first-order valence-corrected chi connectivity index (χ1v) is 33.4. The summed E-state index contributed by atoms with van der Waals surface area (Å²) in [6, 6.07) is 13.6. The average Bonchev–Trinajstić information content (AvgIpc) is 3.60. The fraction of sp³-hybridized carbons (Fsp3) is 0.595. The molecule has 0 amide bonds. The van der Waals surface area contributed by atoms with Crippen LogP contribution in [0.4, 0.5) is 0 Å². The molecule has 0 radical (unpaired) electrons. The summed E-state index contributed by atoms with van der Waals surface area (Å²) < 4.78 is 13.2. The van der Waals surface area contributed by atoms with Crippen LogP contribution >= 0.6 is 20.7 Å². The molecule has 8 atom stereocenters. The van der Waals surface area contributed by atoms with E-state index in [1.807, 2.05) is 0 Å². The van der Waals surface area contributed by atoms with E-state index in [1.165, 1.54) is 33.7 Å². The number of esters is 2. The summed E-state index contributed by atoms with van der Waals surface area (Å²) in [7, 11) is 0. The first kappa shape index (κ1) is 40.2. The molecule has 1 aliphatic heterocycles. The van der Waals surface area contributed by atoms with Crippen LogP contribution in [0.2, 0.25) is 0 Å². The fourth-order valence-corrected chi connectivity index (χ4v) is 14.5. The van der Waals surface area contributed by atoms with Crippen molar-refractivity contribution in [2.45, 2.75) is 122 Å². The first-order valence-electron chi connectivity index (χ1n) is 18.9. The Balaban J connectivity index is 0.000000166. The van der Waals surface area contributed by atoms with Crippen LogP contribution in [-0.2, 0) is 41.5 Å². The Morgan fingerprint density at radius 2 is 1.12 bits per heavy atom. The van der Waals surface area contributed by atoms with E-state index in [2.05, 4.69) is 50.2 Å². The molecule has 9 rings (SSSR count). The van der Waals surface area contributed by atoms with Crippen LogP contribution in [0.15, 0.2) is 36.4 Å². The molecule has 52 heavy (non-hydrogen) atoms. The number of cyclic esters (lactones) is 2. The van der Waals surface area contributed by atoms with Crippen molar-refractivity contribution in [2.75, 3.05) is 0 Å². The third-order valence-corrected chi connectivity index (χ3v) is 17.7. The van der Waals surface area contributed by atoms with E-state index in [-0.39, 0.29) is 14.3 Å². The standard InChI is InChI=1S/C24H27IO5.C18H21AtO.At2/c1-23(2)29-21(27)20(22(28)30-23)25-14-5-7-15-13(12-14)4-6-17-16(15)10-11-24(3)18(17)8-9-19(24)26;1-18-9-8-14-13-5-3-12(19)10-11(13)2-4-15(14)16(18)6-7-17(18)20;1-2/h5,7,12,16-18H,4,6,8-11H2,1-3H3;3,5,10,14-16H,2,4,6-9H2,1H3;/t16-,17-,18+,24+;14-,15-,16+,18+;/m11./s1/i;19+1;1+1. The Hall–Kier alpha value is -0.0306. The summed E-state index contributed by atoms with van der Waals surface area (Å²) in [6.45, 7) is 7.60. The molecule has 1 saturated heterocycles. The minimum absolute atomic E-state index is 0.0200. The van der Waals surface area contributed by atoms with Crippen molar-refractivity contribution in [3.63, 3.8) is 0 Å². The van der Waals surface area contributed by atoms with Crippen LogP contribution in [0.25, 0.3) is 0 Å². The van der Waals surface area contributed by atoms with Gasteiger partial charge < -0.3 is 9.47 Å². The molecular weight excluding hydrogens is 1360 g/mol. The van der Waals surface area contributed by atoms with Gasteiger partial charge in [0.25, 0.3) is 5.79 Å². The van der Waals surface area contributed by atoms with Gasteiger partial charge in [0.2, 0.25) is 0 Å². The second-order valence-corrected chi connectivity index (χ2v) is 21.5. The zero-order valence-corrected chi connectivity index (χ0v) is 41.3. The molecule has 0 aromatic heterocycles. The number of ketones is 2. The van der Waals surface area contributed by atoms with Crippen molar-refractivity contribution in [1.29, 1.82) is 0 Å². The van der Waals surface area contributed by atoms with Crippen LogP contribution in [0, 0.1) is 103 Å². The van der Waals surface area contributed by atoms with E-state index < -0.39 is 38.5 Å². The van der Waals surface area contributed by atoms with Crippen LogP contribution in [0.5, 0.6) is 0 Å². The van der Waals surface area contributed by atoms with Gasteiger partial charge in [-0.3, -0.25) is 4.79 Å². The second-order valence-electron chi connectivity index (χ2n) is 16.9. The third kappa shape index (κ3) is 7.32. The molecule has 7 aliphatic rings. The molecule has 2 aromatic carbocycles. The maximum absolute atomic E-state index is 12.5.